The maximum atomic E-state index is 15.3. The van der Waals surface area contributed by atoms with Crippen LogP contribution < -0.4 is 26.4 Å². The highest BCUT2D eigenvalue weighted by Gasteiger charge is 2.27. The van der Waals surface area contributed by atoms with E-state index < -0.39 is 11.9 Å². The highest BCUT2D eigenvalue weighted by Crippen LogP contribution is 2.39. The Bertz CT molecular complexity index is 1250. The third-order valence-corrected chi connectivity index (χ3v) is 6.17. The first-order chi connectivity index (χ1) is 15.9. The molecule has 1 saturated heterocycles. The van der Waals surface area contributed by atoms with E-state index in [0.717, 1.165) is 17.8 Å². The summed E-state index contributed by atoms with van der Waals surface area (Å²) in [5, 5.41) is 10.2. The van der Waals surface area contributed by atoms with E-state index in [1.807, 2.05) is 13.8 Å². The van der Waals surface area contributed by atoms with E-state index >= 15 is 4.39 Å². The van der Waals surface area contributed by atoms with Gasteiger partial charge in [0, 0.05) is 54.5 Å². The lowest BCUT2D eigenvalue weighted by atomic mass is 9.97. The minimum absolute atomic E-state index is 0.0173. The van der Waals surface area contributed by atoms with Gasteiger partial charge in [-0.3, -0.25) is 5.32 Å². The molecule has 0 aliphatic carbocycles. The summed E-state index contributed by atoms with van der Waals surface area (Å²) in [6.07, 6.45) is 2.25. The van der Waals surface area contributed by atoms with Crippen LogP contribution in [0.25, 0.3) is 21.9 Å². The molecule has 172 valence electrons. The molecule has 4 heterocycles. The number of carbonyl (C=O) groups excluding carboxylic acids is 1. The molecule has 3 aromatic rings. The zero-order valence-electron chi connectivity index (χ0n) is 18.4. The molecule has 33 heavy (non-hydrogen) atoms. The molecule has 0 radical (unpaired) electrons. The lowest BCUT2D eigenvalue weighted by molar-refractivity contribution is 0.100. The zero-order valence-corrected chi connectivity index (χ0v) is 18.4. The molecule has 2 unspecified atom stereocenters. The van der Waals surface area contributed by atoms with Crippen LogP contribution >= 0.6 is 0 Å². The van der Waals surface area contributed by atoms with Crippen molar-refractivity contribution in [1.29, 1.82) is 0 Å². The number of rotatable bonds is 3. The number of nitrogens with one attached hydrogen (secondary N) is 3. The van der Waals surface area contributed by atoms with Crippen LogP contribution in [0.3, 0.4) is 0 Å². The molecule has 10 heteroatoms. The molecule has 5 N–H and O–H groups in total. The van der Waals surface area contributed by atoms with Crippen LogP contribution in [0.1, 0.15) is 12.5 Å². The Hall–Kier alpha value is -3.66. The fourth-order valence-electron chi connectivity index (χ4n) is 4.27. The van der Waals surface area contributed by atoms with Crippen molar-refractivity contribution in [1.82, 2.24) is 15.3 Å². The van der Waals surface area contributed by atoms with Gasteiger partial charge in [-0.05, 0) is 30.0 Å². The van der Waals surface area contributed by atoms with Crippen molar-refractivity contribution < 1.29 is 18.7 Å². The van der Waals surface area contributed by atoms with Crippen LogP contribution in [0.4, 0.5) is 26.4 Å². The maximum absolute atomic E-state index is 15.3. The van der Waals surface area contributed by atoms with Crippen molar-refractivity contribution >= 4 is 34.1 Å². The number of ether oxygens (including phenoxy) is 2. The van der Waals surface area contributed by atoms with E-state index in [1.54, 1.807) is 18.3 Å². The quantitative estimate of drug-likeness (QED) is 0.447. The van der Waals surface area contributed by atoms with Gasteiger partial charge in [0.15, 0.2) is 5.82 Å². The number of halogens is 1. The predicted octanol–water partition coefficient (Wildman–Crippen LogP) is 3.29. The van der Waals surface area contributed by atoms with Crippen molar-refractivity contribution in [3.8, 4) is 17.0 Å². The van der Waals surface area contributed by atoms with Crippen LogP contribution in [-0.4, -0.2) is 48.4 Å². The molecule has 9 nitrogen and oxygen atoms in total. The third kappa shape index (κ3) is 3.86. The minimum Gasteiger partial charge on any atom is -0.474 e. The number of anilines is 3. The summed E-state index contributed by atoms with van der Waals surface area (Å²) >= 11 is 0. The monoisotopic (exact) mass is 452 g/mol. The molecule has 2 aliphatic rings. The number of amides is 1. The van der Waals surface area contributed by atoms with Gasteiger partial charge in [0.25, 0.3) is 0 Å². The highest BCUT2D eigenvalue weighted by atomic mass is 19.1. The minimum atomic E-state index is -0.585. The van der Waals surface area contributed by atoms with E-state index in [-0.39, 0.29) is 17.7 Å². The first kappa shape index (κ1) is 21.2. The molecule has 0 bridgehead atoms. The Morgan fingerprint density at radius 1 is 1.27 bits per heavy atom. The van der Waals surface area contributed by atoms with E-state index in [2.05, 4.69) is 25.9 Å². The smallest absolute Gasteiger partial charge is 0.413 e. The molecular weight excluding hydrogens is 427 g/mol. The second-order valence-electron chi connectivity index (χ2n) is 8.40. The Labute approximate surface area is 189 Å². The van der Waals surface area contributed by atoms with Crippen molar-refractivity contribution in [2.75, 3.05) is 42.6 Å². The van der Waals surface area contributed by atoms with Gasteiger partial charge >= 0.3 is 6.09 Å². The molecule has 1 amide bonds. The zero-order chi connectivity index (χ0) is 23.1. The Morgan fingerprint density at radius 2 is 2.12 bits per heavy atom. The van der Waals surface area contributed by atoms with E-state index in [1.165, 1.54) is 6.20 Å². The molecule has 0 spiro atoms. The average Bonchev–Trinajstić information content (AvgIpc) is 3.21. The number of hydrogen-bond donors (Lipinski definition) is 4. The van der Waals surface area contributed by atoms with Gasteiger partial charge < -0.3 is 25.8 Å². The summed E-state index contributed by atoms with van der Waals surface area (Å²) in [4.78, 5) is 20.9. The van der Waals surface area contributed by atoms with E-state index in [0.29, 0.717) is 53.3 Å². The van der Waals surface area contributed by atoms with Crippen LogP contribution in [-0.2, 0) is 4.74 Å². The van der Waals surface area contributed by atoms with Crippen molar-refractivity contribution in [2.24, 2.45) is 5.92 Å². The Morgan fingerprint density at radius 3 is 2.91 bits per heavy atom. The number of aromatic nitrogens is 2. The summed E-state index contributed by atoms with van der Waals surface area (Å²) in [5.74, 6) is 0.476. The summed E-state index contributed by atoms with van der Waals surface area (Å²) in [7, 11) is 0. The fourth-order valence-corrected chi connectivity index (χ4v) is 4.27. The molecule has 1 aromatic carbocycles. The Balaban J connectivity index is 1.48. The van der Waals surface area contributed by atoms with Crippen LogP contribution in [0.15, 0.2) is 24.5 Å². The second kappa shape index (κ2) is 8.36. The SMILES string of the molecule is Cc1c(-c2cc3cc(NC(=O)OC4CNCC4C)ncc3c(N)c2F)cnc2c1NCCO2. The van der Waals surface area contributed by atoms with Gasteiger partial charge in [0.2, 0.25) is 5.88 Å². The number of hydrogen-bond acceptors (Lipinski definition) is 8. The van der Waals surface area contributed by atoms with Gasteiger partial charge in [0.1, 0.15) is 24.2 Å². The first-order valence-corrected chi connectivity index (χ1v) is 10.8. The predicted molar refractivity (Wildman–Crippen MR) is 124 cm³/mol. The van der Waals surface area contributed by atoms with Crippen molar-refractivity contribution in [3.63, 3.8) is 0 Å². The van der Waals surface area contributed by atoms with Gasteiger partial charge in [-0.15, -0.1) is 0 Å². The van der Waals surface area contributed by atoms with Crippen LogP contribution in [0, 0.1) is 18.7 Å². The standard InChI is InChI=1S/C23H25FN6O3/c1-11-7-26-10-17(11)33-23(31)30-18-6-13-5-14(19(24)20(25)16(13)9-28-18)15-8-29-22-21(12(15)2)27-3-4-32-22/h5-6,8-9,11,17,26-27H,3-4,7,10,25H2,1-2H3,(H,28,30,31). The summed E-state index contributed by atoms with van der Waals surface area (Å²) in [5.41, 5.74) is 8.58. The van der Waals surface area contributed by atoms with Crippen LogP contribution in [0.2, 0.25) is 0 Å². The highest BCUT2D eigenvalue weighted by molar-refractivity contribution is 5.99. The number of fused-ring (bicyclic) bond motifs is 2. The molecular formula is C23H25FN6O3. The fraction of sp³-hybridized carbons (Fsp3) is 0.348. The molecule has 0 saturated carbocycles. The van der Waals surface area contributed by atoms with E-state index in [4.69, 9.17) is 15.2 Å². The molecule has 2 atom stereocenters. The van der Waals surface area contributed by atoms with Crippen molar-refractivity contribution in [3.05, 3.63) is 35.9 Å². The third-order valence-electron chi connectivity index (χ3n) is 6.17. The normalized spacial score (nSPS) is 19.5. The van der Waals surface area contributed by atoms with Gasteiger partial charge in [0.05, 0.1) is 5.69 Å². The number of pyridine rings is 2. The second-order valence-corrected chi connectivity index (χ2v) is 8.40. The topological polar surface area (TPSA) is 123 Å². The average molecular weight is 452 g/mol. The number of carbonyl (C=O) groups is 1. The van der Waals surface area contributed by atoms with Crippen molar-refractivity contribution in [2.45, 2.75) is 20.0 Å². The van der Waals surface area contributed by atoms with Gasteiger partial charge in [-0.1, -0.05) is 6.92 Å². The largest absolute Gasteiger partial charge is 0.474 e. The first-order valence-electron chi connectivity index (χ1n) is 10.8. The molecule has 1 fully saturated rings. The van der Waals surface area contributed by atoms with Gasteiger partial charge in [-0.2, -0.15) is 0 Å². The number of nitrogens with two attached hydrogens (primary N) is 1. The van der Waals surface area contributed by atoms with Crippen LogP contribution in [0.5, 0.6) is 5.88 Å². The number of benzene rings is 1. The Kier molecular flexibility index (Phi) is 5.37. The van der Waals surface area contributed by atoms with Gasteiger partial charge in [-0.25, -0.2) is 19.2 Å². The lowest BCUT2D eigenvalue weighted by Gasteiger charge is -2.22. The molecule has 5 rings (SSSR count). The molecule has 2 aromatic heterocycles. The maximum Gasteiger partial charge on any atom is 0.413 e. The molecule has 2 aliphatic heterocycles. The van der Waals surface area contributed by atoms with E-state index in [9.17, 15) is 4.79 Å². The summed E-state index contributed by atoms with van der Waals surface area (Å²) in [6.45, 7) is 6.49. The summed E-state index contributed by atoms with van der Waals surface area (Å²) < 4.78 is 26.3. The summed E-state index contributed by atoms with van der Waals surface area (Å²) in [6, 6.07) is 3.33. The number of nitrogens with zero attached hydrogens (tertiary/aromatic N) is 2. The number of nitrogen functional groups attached to an aromatic ring is 1. The lowest BCUT2D eigenvalue weighted by Crippen LogP contribution is -2.27.